The number of H-pyrrole nitrogens is 1. The molecule has 0 bridgehead atoms. The summed E-state index contributed by atoms with van der Waals surface area (Å²) < 4.78 is 10.5. The highest BCUT2D eigenvalue weighted by Gasteiger charge is 2.14. The number of carbonyl (C=O) groups excluding carboxylic acids is 1. The van der Waals surface area contributed by atoms with Crippen LogP contribution in [-0.2, 0) is 0 Å². The Labute approximate surface area is 103 Å². The molecule has 0 radical (unpaired) electrons. The zero-order valence-electron chi connectivity index (χ0n) is 9.77. The average molecular weight is 241 g/mol. The van der Waals surface area contributed by atoms with E-state index in [1.807, 2.05) is 24.3 Å². The number of carbonyl (C=O) groups is 1. The van der Waals surface area contributed by atoms with Crippen molar-refractivity contribution in [3.63, 3.8) is 0 Å². The van der Waals surface area contributed by atoms with Crippen molar-refractivity contribution in [1.29, 1.82) is 0 Å². The molecule has 0 aliphatic carbocycles. The van der Waals surface area contributed by atoms with Crippen LogP contribution < -0.4 is 4.74 Å². The predicted octanol–water partition coefficient (Wildman–Crippen LogP) is 3.25. The number of hydrogen-bond donors (Lipinski definition) is 1. The van der Waals surface area contributed by atoms with Gasteiger partial charge in [0.05, 0.1) is 24.6 Å². The summed E-state index contributed by atoms with van der Waals surface area (Å²) in [6, 6.07) is 9.17. The molecule has 0 amide bonds. The molecule has 0 aliphatic rings. The van der Waals surface area contributed by atoms with Crippen LogP contribution in [0.3, 0.4) is 0 Å². The van der Waals surface area contributed by atoms with E-state index >= 15 is 0 Å². The fourth-order valence-corrected chi connectivity index (χ4v) is 2.06. The van der Waals surface area contributed by atoms with Crippen LogP contribution in [0.25, 0.3) is 22.4 Å². The normalized spacial score (nSPS) is 10.7. The Kier molecular flexibility index (Phi) is 2.41. The second-order valence-corrected chi connectivity index (χ2v) is 3.92. The highest BCUT2D eigenvalue weighted by Crippen LogP contribution is 2.31. The number of fused-ring (bicyclic) bond motifs is 1. The molecule has 1 N–H and O–H groups in total. The number of methoxy groups -OCH3 is 1. The molecule has 0 atom stereocenters. The lowest BCUT2D eigenvalue weighted by Crippen LogP contribution is -1.83. The number of nitrogens with one attached hydrogen (secondary N) is 1. The molecule has 3 rings (SSSR count). The van der Waals surface area contributed by atoms with Gasteiger partial charge in [0, 0.05) is 10.9 Å². The molecular formula is C14H11NO3. The van der Waals surface area contributed by atoms with E-state index in [-0.39, 0.29) is 0 Å². The molecule has 90 valence electrons. The van der Waals surface area contributed by atoms with Crippen molar-refractivity contribution in [2.45, 2.75) is 0 Å². The maximum Gasteiger partial charge on any atom is 0.152 e. The number of aromatic nitrogens is 1. The summed E-state index contributed by atoms with van der Waals surface area (Å²) >= 11 is 0. The van der Waals surface area contributed by atoms with Gasteiger partial charge in [-0.05, 0) is 30.3 Å². The Hall–Kier alpha value is -2.49. The van der Waals surface area contributed by atoms with Gasteiger partial charge in [-0.2, -0.15) is 0 Å². The van der Waals surface area contributed by atoms with Crippen LogP contribution >= 0.6 is 0 Å². The minimum atomic E-state index is 0.582. The summed E-state index contributed by atoms with van der Waals surface area (Å²) in [6.07, 6.45) is 2.41. The van der Waals surface area contributed by atoms with Crippen molar-refractivity contribution < 1.29 is 13.9 Å². The fraction of sp³-hybridized carbons (Fsp3) is 0.0714. The van der Waals surface area contributed by atoms with E-state index in [9.17, 15) is 4.79 Å². The van der Waals surface area contributed by atoms with Crippen LogP contribution in [0.1, 0.15) is 10.4 Å². The number of aldehydes is 1. The maximum atomic E-state index is 11.3. The first-order valence-corrected chi connectivity index (χ1v) is 5.52. The highest BCUT2D eigenvalue weighted by molar-refractivity contribution is 6.04. The van der Waals surface area contributed by atoms with E-state index in [0.29, 0.717) is 17.0 Å². The molecule has 3 aromatic rings. The van der Waals surface area contributed by atoms with E-state index in [2.05, 4.69) is 4.98 Å². The Morgan fingerprint density at radius 2 is 2.22 bits per heavy atom. The van der Waals surface area contributed by atoms with Gasteiger partial charge in [-0.15, -0.1) is 0 Å². The van der Waals surface area contributed by atoms with E-state index in [4.69, 9.17) is 9.15 Å². The van der Waals surface area contributed by atoms with E-state index in [0.717, 1.165) is 22.9 Å². The molecular weight excluding hydrogens is 230 g/mol. The SMILES string of the molecule is COc1ccc2[nH]c(-c3ccco3)c(C=O)c2c1. The third-order valence-corrected chi connectivity index (χ3v) is 2.93. The predicted molar refractivity (Wildman–Crippen MR) is 67.9 cm³/mol. The monoisotopic (exact) mass is 241 g/mol. The van der Waals surface area contributed by atoms with Gasteiger partial charge in [-0.25, -0.2) is 0 Å². The Morgan fingerprint density at radius 3 is 2.89 bits per heavy atom. The van der Waals surface area contributed by atoms with Gasteiger partial charge in [0.15, 0.2) is 12.0 Å². The summed E-state index contributed by atoms with van der Waals surface area (Å²) in [5, 5.41) is 0.829. The Balaban J connectivity index is 2.30. The van der Waals surface area contributed by atoms with Crippen molar-refractivity contribution in [3.8, 4) is 17.2 Å². The summed E-state index contributed by atoms with van der Waals surface area (Å²) in [7, 11) is 1.60. The van der Waals surface area contributed by atoms with Gasteiger partial charge in [-0.3, -0.25) is 4.79 Å². The summed E-state index contributed by atoms with van der Waals surface area (Å²) in [5.41, 5.74) is 2.15. The van der Waals surface area contributed by atoms with Gasteiger partial charge in [0.25, 0.3) is 0 Å². The first-order chi connectivity index (χ1) is 8.83. The van der Waals surface area contributed by atoms with Crippen LogP contribution in [0.4, 0.5) is 0 Å². The summed E-state index contributed by atoms with van der Waals surface area (Å²) in [4.78, 5) is 14.5. The van der Waals surface area contributed by atoms with Crippen LogP contribution in [0, 0.1) is 0 Å². The second kappa shape index (κ2) is 4.07. The Bertz CT molecular complexity index is 695. The summed E-state index contributed by atoms with van der Waals surface area (Å²) in [6.45, 7) is 0. The maximum absolute atomic E-state index is 11.3. The third kappa shape index (κ3) is 1.50. The molecule has 0 spiro atoms. The quantitative estimate of drug-likeness (QED) is 0.716. The lowest BCUT2D eigenvalue weighted by Gasteiger charge is -1.98. The number of benzene rings is 1. The molecule has 0 saturated heterocycles. The van der Waals surface area contributed by atoms with Gasteiger partial charge in [-0.1, -0.05) is 0 Å². The second-order valence-electron chi connectivity index (χ2n) is 3.92. The van der Waals surface area contributed by atoms with Crippen LogP contribution in [0.15, 0.2) is 41.0 Å². The van der Waals surface area contributed by atoms with Crippen molar-refractivity contribution in [2.75, 3.05) is 7.11 Å². The zero-order chi connectivity index (χ0) is 12.5. The zero-order valence-corrected chi connectivity index (χ0v) is 9.77. The van der Waals surface area contributed by atoms with E-state index in [1.165, 1.54) is 0 Å². The number of furan rings is 1. The number of aromatic amines is 1. The van der Waals surface area contributed by atoms with Gasteiger partial charge < -0.3 is 14.1 Å². The van der Waals surface area contributed by atoms with Crippen molar-refractivity contribution >= 4 is 17.2 Å². The average Bonchev–Trinajstić information content (AvgIpc) is 3.04. The van der Waals surface area contributed by atoms with Crippen LogP contribution in [0.5, 0.6) is 5.75 Å². The van der Waals surface area contributed by atoms with E-state index in [1.54, 1.807) is 19.4 Å². The summed E-state index contributed by atoms with van der Waals surface area (Å²) in [5.74, 6) is 1.36. The molecule has 2 aromatic heterocycles. The smallest absolute Gasteiger partial charge is 0.152 e. The molecule has 4 nitrogen and oxygen atoms in total. The molecule has 0 saturated carbocycles. The molecule has 0 unspecified atom stereocenters. The molecule has 18 heavy (non-hydrogen) atoms. The van der Waals surface area contributed by atoms with Crippen LogP contribution in [-0.4, -0.2) is 18.4 Å². The van der Waals surface area contributed by atoms with Crippen molar-refractivity contribution in [1.82, 2.24) is 4.98 Å². The van der Waals surface area contributed by atoms with E-state index < -0.39 is 0 Å². The van der Waals surface area contributed by atoms with Crippen molar-refractivity contribution in [2.24, 2.45) is 0 Å². The largest absolute Gasteiger partial charge is 0.497 e. The first-order valence-electron chi connectivity index (χ1n) is 5.52. The number of ether oxygens (including phenoxy) is 1. The van der Waals surface area contributed by atoms with Crippen molar-refractivity contribution in [3.05, 3.63) is 42.2 Å². The molecule has 1 aromatic carbocycles. The van der Waals surface area contributed by atoms with Crippen LogP contribution in [0.2, 0.25) is 0 Å². The van der Waals surface area contributed by atoms with Gasteiger partial charge >= 0.3 is 0 Å². The highest BCUT2D eigenvalue weighted by atomic mass is 16.5. The fourth-order valence-electron chi connectivity index (χ4n) is 2.06. The number of hydrogen-bond acceptors (Lipinski definition) is 3. The minimum absolute atomic E-state index is 0.582. The first kappa shape index (κ1) is 10.7. The number of rotatable bonds is 3. The lowest BCUT2D eigenvalue weighted by atomic mass is 10.1. The Morgan fingerprint density at radius 1 is 1.33 bits per heavy atom. The molecule has 4 heteroatoms. The lowest BCUT2D eigenvalue weighted by molar-refractivity contribution is 0.112. The minimum Gasteiger partial charge on any atom is -0.497 e. The molecule has 0 aliphatic heterocycles. The third-order valence-electron chi connectivity index (χ3n) is 2.93. The topological polar surface area (TPSA) is 55.2 Å². The van der Waals surface area contributed by atoms with Gasteiger partial charge in [0.1, 0.15) is 5.75 Å². The molecule has 2 heterocycles. The molecule has 0 fully saturated rings. The van der Waals surface area contributed by atoms with Gasteiger partial charge in [0.2, 0.25) is 0 Å². The standard InChI is InChI=1S/C14H11NO3/c1-17-9-4-5-12-10(7-9)11(8-16)14(15-12)13-3-2-6-18-13/h2-8,15H,1H3.